The summed E-state index contributed by atoms with van der Waals surface area (Å²) < 4.78 is 10.8. The van der Waals surface area contributed by atoms with Crippen LogP contribution in [0.5, 0.6) is 11.5 Å². The average Bonchev–Trinajstić information content (AvgIpc) is 2.82. The minimum absolute atomic E-state index is 0.00981. The number of ether oxygens (including phenoxy) is 2. The highest BCUT2D eigenvalue weighted by Gasteiger charge is 2.39. The Morgan fingerprint density at radius 3 is 2.73 bits per heavy atom. The lowest BCUT2D eigenvalue weighted by Gasteiger charge is -2.25. The van der Waals surface area contributed by atoms with E-state index in [1.54, 1.807) is 26.0 Å². The molecule has 1 amide bonds. The molecule has 0 radical (unpaired) electrons. The monoisotopic (exact) mass is 325 g/mol. The van der Waals surface area contributed by atoms with Crippen molar-refractivity contribution < 1.29 is 19.6 Å². The molecule has 22 heavy (non-hydrogen) atoms. The van der Waals surface area contributed by atoms with Crippen LogP contribution in [0.25, 0.3) is 0 Å². The highest BCUT2D eigenvalue weighted by atomic mass is 32.2. The van der Waals surface area contributed by atoms with E-state index in [-0.39, 0.29) is 16.5 Å². The van der Waals surface area contributed by atoms with Crippen molar-refractivity contribution in [1.29, 1.82) is 0 Å². The number of amides is 1. The molecule has 2 atom stereocenters. The van der Waals surface area contributed by atoms with Crippen LogP contribution in [0.1, 0.15) is 24.3 Å². The van der Waals surface area contributed by atoms with Crippen molar-refractivity contribution in [2.24, 2.45) is 0 Å². The Balaban J connectivity index is 2.29. The van der Waals surface area contributed by atoms with E-state index in [1.807, 2.05) is 37.1 Å². The molecule has 1 aliphatic rings. The zero-order valence-corrected chi connectivity index (χ0v) is 14.5. The molecule has 0 unspecified atom stereocenters. The molecule has 0 bridgehead atoms. The minimum atomic E-state index is -0.0217. The van der Waals surface area contributed by atoms with Crippen LogP contribution in [-0.2, 0) is 4.79 Å². The van der Waals surface area contributed by atoms with Gasteiger partial charge in [-0.2, -0.15) is 0 Å². The summed E-state index contributed by atoms with van der Waals surface area (Å²) in [6.45, 7) is 3.76. The molecule has 122 valence electrons. The van der Waals surface area contributed by atoms with Gasteiger partial charge in [-0.15, -0.1) is 11.8 Å². The number of hydrogen-bond acceptors (Lipinski definition) is 4. The first-order valence-electron chi connectivity index (χ1n) is 7.58. The van der Waals surface area contributed by atoms with Crippen molar-refractivity contribution in [2.75, 3.05) is 34.4 Å². The molecule has 2 rings (SSSR count). The van der Waals surface area contributed by atoms with Gasteiger partial charge in [0.05, 0.1) is 33.1 Å². The number of hydrogen-bond donors (Lipinski definition) is 1. The van der Waals surface area contributed by atoms with E-state index in [9.17, 15) is 4.79 Å². The van der Waals surface area contributed by atoms with Gasteiger partial charge in [0.25, 0.3) is 0 Å². The van der Waals surface area contributed by atoms with Crippen LogP contribution in [0.2, 0.25) is 0 Å². The molecule has 0 spiro atoms. The first-order valence-corrected chi connectivity index (χ1v) is 8.52. The Morgan fingerprint density at radius 1 is 1.32 bits per heavy atom. The van der Waals surface area contributed by atoms with E-state index in [0.717, 1.165) is 36.6 Å². The third kappa shape index (κ3) is 3.50. The molecule has 1 fully saturated rings. The number of nitrogens with two attached hydrogens (primary N) is 1. The summed E-state index contributed by atoms with van der Waals surface area (Å²) in [6, 6.07) is 5.75. The van der Waals surface area contributed by atoms with Crippen molar-refractivity contribution >= 4 is 17.7 Å². The first kappa shape index (κ1) is 17.0. The van der Waals surface area contributed by atoms with Gasteiger partial charge in [0.2, 0.25) is 5.91 Å². The van der Waals surface area contributed by atoms with Gasteiger partial charge in [0.15, 0.2) is 0 Å². The van der Waals surface area contributed by atoms with Gasteiger partial charge in [-0.1, -0.05) is 0 Å². The predicted octanol–water partition coefficient (Wildman–Crippen LogP) is 1.25. The van der Waals surface area contributed by atoms with Crippen molar-refractivity contribution in [3.8, 4) is 11.5 Å². The maximum Gasteiger partial charge on any atom is 0.236 e. The highest BCUT2D eigenvalue weighted by Crippen LogP contribution is 2.46. The molecule has 0 aliphatic carbocycles. The Morgan fingerprint density at radius 2 is 2.09 bits per heavy atom. The maximum absolute atomic E-state index is 12.5. The van der Waals surface area contributed by atoms with Crippen LogP contribution >= 0.6 is 11.8 Å². The molecule has 0 saturated carbocycles. The third-order valence-corrected chi connectivity index (χ3v) is 5.22. The summed E-state index contributed by atoms with van der Waals surface area (Å²) in [6.07, 6.45) is 0.984. The van der Waals surface area contributed by atoms with Crippen LogP contribution in [0.3, 0.4) is 0 Å². The fourth-order valence-corrected chi connectivity index (χ4v) is 3.97. The topological polar surface area (TPSA) is 55.4 Å². The van der Waals surface area contributed by atoms with Crippen molar-refractivity contribution in [3.63, 3.8) is 0 Å². The highest BCUT2D eigenvalue weighted by molar-refractivity contribution is 8.01. The lowest BCUT2D eigenvalue weighted by atomic mass is 10.1. The number of rotatable bonds is 7. The zero-order chi connectivity index (χ0) is 16.1. The molecule has 6 heteroatoms. The zero-order valence-electron chi connectivity index (χ0n) is 13.7. The van der Waals surface area contributed by atoms with Crippen LogP contribution in [0.4, 0.5) is 0 Å². The summed E-state index contributed by atoms with van der Waals surface area (Å²) in [5.41, 5.74) is 1.00. The van der Waals surface area contributed by atoms with Gasteiger partial charge in [0, 0.05) is 18.5 Å². The Labute approximate surface area is 136 Å². The number of carbonyl (C=O) groups is 1. The number of nitrogens with zero attached hydrogens (tertiary/aromatic N) is 1. The largest absolute Gasteiger partial charge is 0.497 e. The molecular formula is C16H25N2O3S+. The van der Waals surface area contributed by atoms with Gasteiger partial charge < -0.3 is 19.7 Å². The fraction of sp³-hybridized carbons (Fsp3) is 0.562. The van der Waals surface area contributed by atoms with Gasteiger partial charge >= 0.3 is 0 Å². The lowest BCUT2D eigenvalue weighted by Crippen LogP contribution is -2.79. The Bertz CT molecular complexity index is 524. The average molecular weight is 325 g/mol. The second-order valence-electron chi connectivity index (χ2n) is 5.32. The van der Waals surface area contributed by atoms with E-state index in [2.05, 4.69) is 5.32 Å². The number of quaternary nitrogens is 1. The summed E-state index contributed by atoms with van der Waals surface area (Å²) in [5, 5.41) is 2.11. The second kappa shape index (κ2) is 7.74. The van der Waals surface area contributed by atoms with Gasteiger partial charge in [-0.05, 0) is 25.1 Å². The van der Waals surface area contributed by atoms with Crippen molar-refractivity contribution in [2.45, 2.75) is 24.0 Å². The summed E-state index contributed by atoms with van der Waals surface area (Å²) in [7, 11) is 5.36. The van der Waals surface area contributed by atoms with E-state index in [4.69, 9.17) is 9.47 Å². The predicted molar refractivity (Wildman–Crippen MR) is 88.4 cm³/mol. The molecule has 1 aromatic rings. The standard InChI is InChI=1S/C16H24N2O3S/c1-11-15(19)18(9-5-8-17-2)16(22-11)13-10-12(20-3)6-7-14(13)21-4/h6-7,10-11,16-17H,5,8-9H2,1-4H3/p+1/t11-,16-/m1/s1. The summed E-state index contributed by atoms with van der Waals surface area (Å²) in [5.74, 6) is 1.79. The fourth-order valence-electron chi connectivity index (χ4n) is 2.64. The molecule has 0 aromatic heterocycles. The molecule has 1 aliphatic heterocycles. The molecule has 1 heterocycles. The quantitative estimate of drug-likeness (QED) is 0.767. The van der Waals surface area contributed by atoms with Crippen LogP contribution < -0.4 is 14.8 Å². The van der Waals surface area contributed by atoms with E-state index in [0.29, 0.717) is 0 Å². The van der Waals surface area contributed by atoms with E-state index < -0.39 is 0 Å². The molecule has 1 aromatic carbocycles. The van der Waals surface area contributed by atoms with E-state index >= 15 is 0 Å². The van der Waals surface area contributed by atoms with Crippen molar-refractivity contribution in [1.82, 2.24) is 4.90 Å². The molecule has 5 nitrogen and oxygen atoms in total. The Hall–Kier alpha value is -1.40. The summed E-state index contributed by atoms with van der Waals surface area (Å²) >= 11 is 1.67. The number of thioether (sulfide) groups is 1. The molecular weight excluding hydrogens is 300 g/mol. The molecule has 1 saturated heterocycles. The molecule has 2 N–H and O–H groups in total. The SMILES string of the molecule is C[NH2+]CCCN1C(=O)[C@@H](C)S[C@@H]1c1cc(OC)ccc1OC. The number of carbonyl (C=O) groups excluding carboxylic acids is 1. The van der Waals surface area contributed by atoms with Crippen molar-refractivity contribution in [3.05, 3.63) is 23.8 Å². The number of methoxy groups -OCH3 is 2. The normalized spacial score (nSPS) is 21.3. The Kier molecular flexibility index (Phi) is 5.97. The third-order valence-electron chi connectivity index (χ3n) is 3.84. The number of benzene rings is 1. The van der Waals surface area contributed by atoms with E-state index in [1.165, 1.54) is 0 Å². The smallest absolute Gasteiger partial charge is 0.236 e. The van der Waals surface area contributed by atoms with Gasteiger partial charge in [0.1, 0.15) is 16.9 Å². The van der Waals surface area contributed by atoms with Gasteiger partial charge in [-0.3, -0.25) is 4.79 Å². The van der Waals surface area contributed by atoms with Crippen LogP contribution in [-0.4, -0.2) is 50.4 Å². The van der Waals surface area contributed by atoms with Crippen LogP contribution in [0, 0.1) is 0 Å². The van der Waals surface area contributed by atoms with Gasteiger partial charge in [-0.25, -0.2) is 0 Å². The summed E-state index contributed by atoms with van der Waals surface area (Å²) in [4.78, 5) is 14.4. The first-order chi connectivity index (χ1) is 10.6. The lowest BCUT2D eigenvalue weighted by molar-refractivity contribution is -0.627. The minimum Gasteiger partial charge on any atom is -0.497 e. The maximum atomic E-state index is 12.5. The van der Waals surface area contributed by atoms with Crippen LogP contribution in [0.15, 0.2) is 18.2 Å². The second-order valence-corrected chi connectivity index (χ2v) is 6.75.